The molecule has 9 heteroatoms. The van der Waals surface area contributed by atoms with E-state index in [-0.39, 0.29) is 19.0 Å². The average Bonchev–Trinajstić information content (AvgIpc) is 3.18. The van der Waals surface area contributed by atoms with Crippen molar-refractivity contribution in [2.45, 2.75) is 251 Å². The number of hydrogen-bond acceptors (Lipinski definition) is 7. The molecule has 0 aromatic rings. The van der Waals surface area contributed by atoms with E-state index in [1.54, 1.807) is 0 Å². The van der Waals surface area contributed by atoms with E-state index in [1.165, 1.54) is 180 Å². The molecule has 0 radical (unpaired) electrons. The molecule has 0 aromatic carbocycles. The highest BCUT2D eigenvalue weighted by Gasteiger charge is 2.24. The molecular formula is C46H89O8P. The molecule has 0 aliphatic rings. The zero-order valence-electron chi connectivity index (χ0n) is 36.4. The summed E-state index contributed by atoms with van der Waals surface area (Å²) in [6.07, 6.45) is 46.9. The van der Waals surface area contributed by atoms with Crippen molar-refractivity contribution in [3.05, 3.63) is 12.2 Å². The average molecular weight is 801 g/mol. The van der Waals surface area contributed by atoms with E-state index in [9.17, 15) is 19.0 Å². The van der Waals surface area contributed by atoms with Gasteiger partial charge < -0.3 is 14.4 Å². The van der Waals surface area contributed by atoms with Gasteiger partial charge in [0.15, 0.2) is 6.10 Å². The number of rotatable bonds is 44. The standard InChI is InChI=1S/C46H89O8P/c1-4-6-8-10-12-14-16-18-20-22-23-25-27-29-31-33-35-37-39-41-46(48)54-44(43-53-55(49,50)51-3)42-52-45(47)40-38-36-34-32-30-28-26-24-21-19-17-15-13-11-9-7-5-2/h18,20,44H,4-17,19,21-43H2,1-3H3,(H,49,50)/b20-18-. The zero-order chi connectivity index (χ0) is 40.3. The van der Waals surface area contributed by atoms with Gasteiger partial charge in [-0.25, -0.2) is 4.57 Å². The quantitative estimate of drug-likeness (QED) is 0.0281. The Hall–Kier alpha value is -1.21. The number of ether oxygens (including phenoxy) is 2. The summed E-state index contributed by atoms with van der Waals surface area (Å²) < 4.78 is 32.1. The van der Waals surface area contributed by atoms with Gasteiger partial charge in [-0.05, 0) is 38.5 Å². The highest BCUT2D eigenvalue weighted by Crippen LogP contribution is 2.42. The van der Waals surface area contributed by atoms with Gasteiger partial charge in [0.05, 0.1) is 6.61 Å². The SMILES string of the molecule is CCCCCCCC/C=C\CCCCCCCCCCCC(=O)OC(COC(=O)CCCCCCCCCCCCCCCCCCC)COP(=O)(O)OC. The third-order valence-electron chi connectivity index (χ3n) is 10.5. The second-order valence-electron chi connectivity index (χ2n) is 15.9. The number of allylic oxidation sites excluding steroid dienone is 2. The lowest BCUT2D eigenvalue weighted by atomic mass is 10.0. The van der Waals surface area contributed by atoms with Crippen molar-refractivity contribution in [1.29, 1.82) is 0 Å². The summed E-state index contributed by atoms with van der Waals surface area (Å²) in [6.45, 7) is 3.92. The third-order valence-corrected chi connectivity index (χ3v) is 11.4. The summed E-state index contributed by atoms with van der Waals surface area (Å²) >= 11 is 0. The van der Waals surface area contributed by atoms with E-state index in [0.717, 1.165) is 39.2 Å². The minimum Gasteiger partial charge on any atom is -0.462 e. The Morgan fingerprint density at radius 2 is 0.818 bits per heavy atom. The molecule has 0 aromatic heterocycles. The van der Waals surface area contributed by atoms with Crippen LogP contribution in [0.3, 0.4) is 0 Å². The first kappa shape index (κ1) is 53.8. The van der Waals surface area contributed by atoms with Gasteiger partial charge in [0.25, 0.3) is 0 Å². The Kier molecular flexibility index (Phi) is 41.5. The molecule has 0 bridgehead atoms. The van der Waals surface area contributed by atoms with Gasteiger partial charge in [0.2, 0.25) is 0 Å². The maximum absolute atomic E-state index is 12.5. The van der Waals surface area contributed by atoms with Crippen molar-refractivity contribution < 1.29 is 37.6 Å². The van der Waals surface area contributed by atoms with Gasteiger partial charge in [-0.1, -0.05) is 206 Å². The van der Waals surface area contributed by atoms with Crippen molar-refractivity contribution in [2.24, 2.45) is 0 Å². The van der Waals surface area contributed by atoms with Gasteiger partial charge >= 0.3 is 19.8 Å². The van der Waals surface area contributed by atoms with Crippen molar-refractivity contribution >= 4 is 19.8 Å². The normalized spacial score (nSPS) is 13.3. The molecule has 0 aliphatic carbocycles. The zero-order valence-corrected chi connectivity index (χ0v) is 37.2. The van der Waals surface area contributed by atoms with Crippen LogP contribution < -0.4 is 0 Å². The minimum atomic E-state index is -4.26. The van der Waals surface area contributed by atoms with Gasteiger partial charge in [0, 0.05) is 20.0 Å². The first-order chi connectivity index (χ1) is 26.8. The molecule has 0 aliphatic heterocycles. The minimum absolute atomic E-state index is 0.220. The number of phosphoric ester groups is 1. The lowest BCUT2D eigenvalue weighted by Crippen LogP contribution is -2.29. The van der Waals surface area contributed by atoms with E-state index in [0.29, 0.717) is 12.8 Å². The van der Waals surface area contributed by atoms with Crippen LogP contribution in [0.4, 0.5) is 0 Å². The fourth-order valence-corrected chi connectivity index (χ4v) is 7.35. The lowest BCUT2D eigenvalue weighted by Gasteiger charge is -2.19. The fraction of sp³-hybridized carbons (Fsp3) is 0.913. The molecule has 0 fully saturated rings. The number of esters is 2. The summed E-state index contributed by atoms with van der Waals surface area (Å²) in [6, 6.07) is 0. The van der Waals surface area contributed by atoms with Crippen LogP contribution in [0.5, 0.6) is 0 Å². The summed E-state index contributed by atoms with van der Waals surface area (Å²) in [5, 5.41) is 0. The topological polar surface area (TPSA) is 108 Å². The number of carbonyl (C=O) groups is 2. The fourth-order valence-electron chi connectivity index (χ4n) is 6.89. The molecule has 0 amide bonds. The van der Waals surface area contributed by atoms with Crippen LogP contribution in [0.25, 0.3) is 0 Å². The predicted molar refractivity (Wildman–Crippen MR) is 230 cm³/mol. The second-order valence-corrected chi connectivity index (χ2v) is 17.5. The molecule has 0 saturated heterocycles. The van der Waals surface area contributed by atoms with Crippen molar-refractivity contribution in [1.82, 2.24) is 0 Å². The van der Waals surface area contributed by atoms with Crippen LogP contribution in [0, 0.1) is 0 Å². The molecule has 0 spiro atoms. The third kappa shape index (κ3) is 42.2. The second kappa shape index (κ2) is 42.4. The predicted octanol–water partition coefficient (Wildman–Crippen LogP) is 14.8. The van der Waals surface area contributed by atoms with Gasteiger partial charge in [0.1, 0.15) is 6.61 Å². The van der Waals surface area contributed by atoms with Gasteiger partial charge in [-0.15, -0.1) is 0 Å². The van der Waals surface area contributed by atoms with E-state index in [4.69, 9.17) is 14.0 Å². The highest BCUT2D eigenvalue weighted by molar-refractivity contribution is 7.47. The van der Waals surface area contributed by atoms with Crippen LogP contribution >= 0.6 is 7.82 Å². The number of carbonyl (C=O) groups excluding carboxylic acids is 2. The van der Waals surface area contributed by atoms with Crippen LogP contribution in [0.1, 0.15) is 245 Å². The number of hydrogen-bond donors (Lipinski definition) is 1. The maximum atomic E-state index is 12.5. The molecule has 55 heavy (non-hydrogen) atoms. The van der Waals surface area contributed by atoms with Crippen LogP contribution in [-0.2, 0) is 32.7 Å². The molecular weight excluding hydrogens is 711 g/mol. The molecule has 1 N–H and O–H groups in total. The van der Waals surface area contributed by atoms with Crippen molar-refractivity contribution in [3.63, 3.8) is 0 Å². The van der Waals surface area contributed by atoms with E-state index < -0.39 is 26.5 Å². The number of phosphoric acid groups is 1. The van der Waals surface area contributed by atoms with Gasteiger partial charge in [-0.3, -0.25) is 18.6 Å². The van der Waals surface area contributed by atoms with Crippen molar-refractivity contribution in [2.75, 3.05) is 20.3 Å². The number of unbranched alkanes of at least 4 members (excludes halogenated alkanes) is 31. The Balaban J connectivity index is 3.92. The van der Waals surface area contributed by atoms with E-state index >= 15 is 0 Å². The first-order valence-corrected chi connectivity index (χ1v) is 24.9. The highest BCUT2D eigenvalue weighted by atomic mass is 31.2. The molecule has 2 unspecified atom stereocenters. The summed E-state index contributed by atoms with van der Waals surface area (Å²) in [4.78, 5) is 34.5. The molecule has 326 valence electrons. The van der Waals surface area contributed by atoms with E-state index in [1.807, 2.05) is 0 Å². The largest absolute Gasteiger partial charge is 0.472 e. The summed E-state index contributed by atoms with van der Waals surface area (Å²) in [5.74, 6) is -0.791. The first-order valence-electron chi connectivity index (χ1n) is 23.4. The molecule has 8 nitrogen and oxygen atoms in total. The Morgan fingerprint density at radius 1 is 0.491 bits per heavy atom. The molecule has 0 heterocycles. The monoisotopic (exact) mass is 801 g/mol. The summed E-state index contributed by atoms with van der Waals surface area (Å²) in [5.41, 5.74) is 0. The van der Waals surface area contributed by atoms with Crippen LogP contribution in [0.2, 0.25) is 0 Å². The Labute approximate surface area is 340 Å². The van der Waals surface area contributed by atoms with Crippen molar-refractivity contribution in [3.8, 4) is 0 Å². The molecule has 2 atom stereocenters. The molecule has 0 saturated carbocycles. The Morgan fingerprint density at radius 3 is 1.18 bits per heavy atom. The Bertz CT molecular complexity index is 910. The maximum Gasteiger partial charge on any atom is 0.472 e. The van der Waals surface area contributed by atoms with Crippen LogP contribution in [0.15, 0.2) is 12.2 Å². The molecule has 0 rings (SSSR count). The van der Waals surface area contributed by atoms with Gasteiger partial charge in [-0.2, -0.15) is 0 Å². The van der Waals surface area contributed by atoms with Crippen LogP contribution in [-0.4, -0.2) is 43.3 Å². The smallest absolute Gasteiger partial charge is 0.462 e. The summed E-state index contributed by atoms with van der Waals surface area (Å²) in [7, 11) is -3.19. The lowest BCUT2D eigenvalue weighted by molar-refractivity contribution is -0.161. The van der Waals surface area contributed by atoms with E-state index in [2.05, 4.69) is 30.5 Å².